The highest BCUT2D eigenvalue weighted by atomic mass is 32.2. The summed E-state index contributed by atoms with van der Waals surface area (Å²) in [5, 5.41) is 0.763. The highest BCUT2D eigenvalue weighted by Crippen LogP contribution is 2.26. The lowest BCUT2D eigenvalue weighted by molar-refractivity contribution is 0.339. The van der Waals surface area contributed by atoms with Crippen molar-refractivity contribution < 1.29 is 4.74 Å². The van der Waals surface area contributed by atoms with Gasteiger partial charge < -0.3 is 4.74 Å². The minimum atomic E-state index is 0. The second-order valence-corrected chi connectivity index (χ2v) is 6.16. The van der Waals surface area contributed by atoms with Crippen LogP contribution in [0.1, 0.15) is 19.9 Å². The number of nitrogens with zero attached hydrogens (tertiary/aromatic N) is 1. The van der Waals surface area contributed by atoms with E-state index in [1.807, 2.05) is 43.0 Å². The summed E-state index contributed by atoms with van der Waals surface area (Å²) >= 11 is 3.44. The van der Waals surface area contributed by atoms with Crippen molar-refractivity contribution in [3.05, 3.63) is 60.2 Å². The summed E-state index contributed by atoms with van der Waals surface area (Å²) in [5.41, 5.74) is 2.43. The van der Waals surface area contributed by atoms with Crippen LogP contribution < -0.4 is 4.74 Å². The fourth-order valence-corrected chi connectivity index (χ4v) is 3.18. The van der Waals surface area contributed by atoms with E-state index < -0.39 is 0 Å². The molecule has 0 saturated heterocycles. The lowest BCUT2D eigenvalue weighted by Crippen LogP contribution is -1.88. The van der Waals surface area contributed by atoms with E-state index in [9.17, 15) is 0 Å². The van der Waals surface area contributed by atoms with E-state index in [0.29, 0.717) is 6.61 Å². The van der Waals surface area contributed by atoms with Crippen LogP contribution in [0.25, 0.3) is 10.2 Å². The van der Waals surface area contributed by atoms with Gasteiger partial charge in [0.25, 0.3) is 5.19 Å². The Kier molecular flexibility index (Phi) is 8.63. The molecule has 0 amide bonds. The van der Waals surface area contributed by atoms with Crippen molar-refractivity contribution in [2.45, 2.75) is 20.1 Å². The molecule has 2 aromatic carbocycles. The zero-order chi connectivity index (χ0) is 14.9. The summed E-state index contributed by atoms with van der Waals surface area (Å²) in [7, 11) is 0. The molecule has 0 bridgehead atoms. The van der Waals surface area contributed by atoms with Crippen LogP contribution in [-0.2, 0) is 5.75 Å². The number of fused-ring (bicyclic) bond motifs is 1. The van der Waals surface area contributed by atoms with Gasteiger partial charge in [-0.3, -0.25) is 0 Å². The van der Waals surface area contributed by atoms with E-state index in [-0.39, 0.29) is 7.43 Å². The van der Waals surface area contributed by atoms with Crippen molar-refractivity contribution in [1.29, 1.82) is 0 Å². The van der Waals surface area contributed by atoms with Crippen molar-refractivity contribution in [1.82, 2.24) is 4.98 Å². The van der Waals surface area contributed by atoms with Gasteiger partial charge in [0.15, 0.2) is 0 Å². The lowest BCUT2D eigenvalue weighted by atomic mass is 10.2. The Morgan fingerprint density at radius 3 is 2.36 bits per heavy atom. The number of benzene rings is 2. The van der Waals surface area contributed by atoms with E-state index in [1.165, 1.54) is 10.3 Å². The van der Waals surface area contributed by atoms with Crippen molar-refractivity contribution >= 4 is 33.3 Å². The molecule has 2 nitrogen and oxygen atoms in total. The Labute approximate surface area is 141 Å². The standard InChI is InChI=1S/C9H9NOS.C8H10S.CH4/c1-2-11-9-10-7-5-3-4-6-8(7)12-9;1-9-7-8-5-3-2-4-6-8;/h3-6H,2H2,1H3;2-6H,7H2,1H3;1H4. The van der Waals surface area contributed by atoms with Crippen LogP contribution in [0.5, 0.6) is 5.19 Å². The monoisotopic (exact) mass is 333 g/mol. The maximum absolute atomic E-state index is 5.30. The molecule has 0 fully saturated rings. The first-order valence-electron chi connectivity index (χ1n) is 6.84. The van der Waals surface area contributed by atoms with Crippen LogP contribution in [0.3, 0.4) is 0 Å². The maximum atomic E-state index is 5.30. The Balaban J connectivity index is 0.000000219. The number of hydrogen-bond donors (Lipinski definition) is 0. The molecule has 0 aliphatic carbocycles. The van der Waals surface area contributed by atoms with Crippen molar-refractivity contribution in [2.24, 2.45) is 0 Å². The number of para-hydroxylation sites is 1. The molecule has 3 aromatic rings. The predicted octanol–water partition coefficient (Wildman–Crippen LogP) is 5.88. The van der Waals surface area contributed by atoms with Gasteiger partial charge in [0.05, 0.1) is 16.8 Å². The molecule has 0 unspecified atom stereocenters. The lowest BCUT2D eigenvalue weighted by Gasteiger charge is -1.93. The van der Waals surface area contributed by atoms with Gasteiger partial charge in [0.2, 0.25) is 0 Å². The molecule has 0 aliphatic rings. The second kappa shape index (κ2) is 10.2. The summed E-state index contributed by atoms with van der Waals surface area (Å²) in [6, 6.07) is 18.5. The van der Waals surface area contributed by atoms with Crippen LogP contribution in [0.4, 0.5) is 0 Å². The Hall–Kier alpha value is -1.52. The topological polar surface area (TPSA) is 22.1 Å². The van der Waals surface area contributed by atoms with Crippen LogP contribution in [-0.4, -0.2) is 17.8 Å². The molecule has 0 N–H and O–H groups in total. The van der Waals surface area contributed by atoms with Crippen LogP contribution in [0.2, 0.25) is 0 Å². The molecule has 0 radical (unpaired) electrons. The summed E-state index contributed by atoms with van der Waals surface area (Å²) in [6.45, 7) is 2.64. The van der Waals surface area contributed by atoms with E-state index in [0.717, 1.165) is 16.5 Å². The first-order chi connectivity index (χ1) is 10.3. The van der Waals surface area contributed by atoms with Gasteiger partial charge in [-0.15, -0.1) is 0 Å². The molecule has 0 atom stereocenters. The zero-order valence-corrected chi connectivity index (χ0v) is 13.9. The third kappa shape index (κ3) is 5.70. The van der Waals surface area contributed by atoms with Gasteiger partial charge in [-0.2, -0.15) is 11.8 Å². The molecule has 1 aromatic heterocycles. The van der Waals surface area contributed by atoms with E-state index >= 15 is 0 Å². The predicted molar refractivity (Wildman–Crippen MR) is 101 cm³/mol. The second-order valence-electron chi connectivity index (χ2n) is 4.30. The zero-order valence-electron chi connectivity index (χ0n) is 12.3. The third-order valence-corrected chi connectivity index (χ3v) is 4.27. The highest BCUT2D eigenvalue weighted by Gasteiger charge is 2.01. The summed E-state index contributed by atoms with van der Waals surface area (Å²) in [6.07, 6.45) is 2.12. The van der Waals surface area contributed by atoms with E-state index in [2.05, 4.69) is 41.6 Å². The number of thiazole rings is 1. The van der Waals surface area contributed by atoms with E-state index in [1.54, 1.807) is 11.3 Å². The fourth-order valence-electron chi connectivity index (χ4n) is 1.78. The molecular weight excluding hydrogens is 310 g/mol. The largest absolute Gasteiger partial charge is 0.470 e. The van der Waals surface area contributed by atoms with Crippen molar-refractivity contribution in [3.8, 4) is 5.19 Å². The average Bonchev–Trinajstić information content (AvgIpc) is 2.92. The van der Waals surface area contributed by atoms with Crippen LogP contribution >= 0.6 is 23.1 Å². The Bertz CT molecular complexity index is 619. The average molecular weight is 334 g/mol. The molecule has 118 valence electrons. The minimum Gasteiger partial charge on any atom is -0.470 e. The Morgan fingerprint density at radius 2 is 1.73 bits per heavy atom. The number of thioether (sulfide) groups is 1. The molecule has 0 aliphatic heterocycles. The van der Waals surface area contributed by atoms with Gasteiger partial charge in [-0.05, 0) is 30.9 Å². The molecule has 1 heterocycles. The highest BCUT2D eigenvalue weighted by molar-refractivity contribution is 7.97. The molecule has 4 heteroatoms. The van der Waals surface area contributed by atoms with Gasteiger partial charge in [0, 0.05) is 5.75 Å². The molecule has 3 rings (SSSR count). The van der Waals surface area contributed by atoms with Crippen molar-refractivity contribution in [2.75, 3.05) is 12.9 Å². The number of aromatic nitrogens is 1. The van der Waals surface area contributed by atoms with Crippen LogP contribution in [0, 0.1) is 0 Å². The molecule has 22 heavy (non-hydrogen) atoms. The molecule has 0 saturated carbocycles. The van der Waals surface area contributed by atoms with Gasteiger partial charge in [-0.25, -0.2) is 4.98 Å². The summed E-state index contributed by atoms with van der Waals surface area (Å²) in [5.74, 6) is 1.13. The quantitative estimate of drug-likeness (QED) is 0.595. The molecule has 0 spiro atoms. The number of rotatable bonds is 4. The van der Waals surface area contributed by atoms with Crippen LogP contribution in [0.15, 0.2) is 54.6 Å². The summed E-state index contributed by atoms with van der Waals surface area (Å²) < 4.78 is 6.48. The van der Waals surface area contributed by atoms with E-state index in [4.69, 9.17) is 4.74 Å². The first-order valence-corrected chi connectivity index (χ1v) is 9.05. The van der Waals surface area contributed by atoms with Gasteiger partial charge in [-0.1, -0.05) is 61.2 Å². The molecular formula is C18H23NOS2. The maximum Gasteiger partial charge on any atom is 0.274 e. The summed E-state index contributed by atoms with van der Waals surface area (Å²) in [4.78, 5) is 4.30. The minimum absolute atomic E-state index is 0. The fraction of sp³-hybridized carbons (Fsp3) is 0.278. The van der Waals surface area contributed by atoms with Crippen molar-refractivity contribution in [3.63, 3.8) is 0 Å². The number of ether oxygens (including phenoxy) is 1. The van der Waals surface area contributed by atoms with Gasteiger partial charge in [0.1, 0.15) is 0 Å². The Morgan fingerprint density at radius 1 is 1.05 bits per heavy atom. The smallest absolute Gasteiger partial charge is 0.274 e. The number of hydrogen-bond acceptors (Lipinski definition) is 4. The first kappa shape index (κ1) is 18.5. The normalized spacial score (nSPS) is 9.55. The SMILES string of the molecule is C.CCOc1nc2ccccc2s1.CSCc1ccccc1. The third-order valence-electron chi connectivity index (χ3n) is 2.70. The van der Waals surface area contributed by atoms with Gasteiger partial charge >= 0.3 is 0 Å².